The Morgan fingerprint density at radius 3 is 2.47 bits per heavy atom. The van der Waals surface area contributed by atoms with E-state index in [0.29, 0.717) is 32.2 Å². The molecule has 164 valence electrons. The molecule has 3 aliphatic rings. The monoisotopic (exact) mass is 434 g/mol. The molecule has 0 aliphatic carbocycles. The summed E-state index contributed by atoms with van der Waals surface area (Å²) in [5.41, 5.74) is 0.454. The van der Waals surface area contributed by atoms with Crippen molar-refractivity contribution in [3.63, 3.8) is 0 Å². The predicted molar refractivity (Wildman–Crippen MR) is 113 cm³/mol. The minimum Gasteiger partial charge on any atom is -0.323 e. The Hall–Kier alpha value is -1.97. The van der Waals surface area contributed by atoms with Crippen molar-refractivity contribution in [3.05, 3.63) is 35.9 Å². The molecule has 1 atom stereocenters. The maximum atomic E-state index is 13.3. The molecule has 3 fully saturated rings. The van der Waals surface area contributed by atoms with E-state index in [1.54, 1.807) is 0 Å². The molecule has 1 N–H and O–H groups in total. The standard InChI is InChI=1S/C21H30N4O4S/c1-30(28,29)24-12-5-8-18(16-24)25-19(26)21(22-20(25)27)10-14-23(15-11-21)13-9-17-6-3-2-4-7-17/h2-4,6-7,18H,5,8-16H2,1H3,(H,22,27)/t18-/m0/s1. The first kappa shape index (κ1) is 21.3. The van der Waals surface area contributed by atoms with E-state index < -0.39 is 21.6 Å². The van der Waals surface area contributed by atoms with Gasteiger partial charge in [-0.25, -0.2) is 17.5 Å². The second kappa shape index (κ2) is 8.28. The first-order valence-corrected chi connectivity index (χ1v) is 12.5. The number of piperidine rings is 2. The van der Waals surface area contributed by atoms with Crippen LogP contribution in [-0.2, 0) is 21.2 Å². The van der Waals surface area contributed by atoms with Gasteiger partial charge in [-0.15, -0.1) is 0 Å². The molecule has 0 unspecified atom stereocenters. The van der Waals surface area contributed by atoms with Crippen molar-refractivity contribution >= 4 is 22.0 Å². The zero-order valence-electron chi connectivity index (χ0n) is 17.4. The van der Waals surface area contributed by atoms with Gasteiger partial charge in [0.25, 0.3) is 5.91 Å². The zero-order chi connectivity index (χ0) is 21.4. The Bertz CT molecular complexity index is 897. The van der Waals surface area contributed by atoms with Crippen molar-refractivity contribution in [1.82, 2.24) is 19.4 Å². The summed E-state index contributed by atoms with van der Waals surface area (Å²) in [6.45, 7) is 3.08. The minimum absolute atomic E-state index is 0.185. The maximum Gasteiger partial charge on any atom is 0.325 e. The number of nitrogens with zero attached hydrogens (tertiary/aromatic N) is 3. The van der Waals surface area contributed by atoms with Gasteiger partial charge in [-0.3, -0.25) is 9.69 Å². The summed E-state index contributed by atoms with van der Waals surface area (Å²) < 4.78 is 25.2. The lowest BCUT2D eigenvalue weighted by atomic mass is 9.87. The summed E-state index contributed by atoms with van der Waals surface area (Å²) in [6.07, 6.45) is 4.61. The lowest BCUT2D eigenvalue weighted by molar-refractivity contribution is -0.135. The number of carbonyl (C=O) groups is 2. The van der Waals surface area contributed by atoms with E-state index in [0.717, 1.165) is 26.1 Å². The largest absolute Gasteiger partial charge is 0.325 e. The van der Waals surface area contributed by atoms with E-state index in [4.69, 9.17) is 0 Å². The highest BCUT2D eigenvalue weighted by atomic mass is 32.2. The summed E-state index contributed by atoms with van der Waals surface area (Å²) in [5, 5.41) is 2.96. The molecule has 1 spiro atoms. The van der Waals surface area contributed by atoms with Crippen LogP contribution in [0.3, 0.4) is 0 Å². The van der Waals surface area contributed by atoms with Crippen LogP contribution in [0.5, 0.6) is 0 Å². The molecule has 3 aliphatic heterocycles. The van der Waals surface area contributed by atoms with Crippen molar-refractivity contribution in [2.45, 2.75) is 43.7 Å². The highest BCUT2D eigenvalue weighted by Crippen LogP contribution is 2.32. The molecule has 1 aromatic rings. The SMILES string of the molecule is CS(=O)(=O)N1CCC[C@H](N2C(=O)NC3(CCN(CCc4ccccc4)CC3)C2=O)C1. The van der Waals surface area contributed by atoms with Crippen LogP contribution in [0.1, 0.15) is 31.2 Å². The van der Waals surface area contributed by atoms with Crippen LogP contribution in [0.2, 0.25) is 0 Å². The van der Waals surface area contributed by atoms with Crippen LogP contribution in [-0.4, -0.2) is 85.0 Å². The molecule has 0 bridgehead atoms. The molecule has 3 amide bonds. The van der Waals surface area contributed by atoms with E-state index in [1.165, 1.54) is 21.0 Å². The Morgan fingerprint density at radius 2 is 1.80 bits per heavy atom. The zero-order valence-corrected chi connectivity index (χ0v) is 18.2. The number of rotatable bonds is 5. The van der Waals surface area contributed by atoms with Crippen LogP contribution >= 0.6 is 0 Å². The summed E-state index contributed by atoms with van der Waals surface area (Å²) in [4.78, 5) is 29.7. The average Bonchev–Trinajstić information content (AvgIpc) is 2.97. The van der Waals surface area contributed by atoms with Gasteiger partial charge in [0.2, 0.25) is 10.0 Å². The van der Waals surface area contributed by atoms with Gasteiger partial charge in [-0.05, 0) is 37.7 Å². The number of urea groups is 1. The highest BCUT2D eigenvalue weighted by molar-refractivity contribution is 7.88. The molecular weight excluding hydrogens is 404 g/mol. The third kappa shape index (κ3) is 4.24. The number of imide groups is 1. The number of hydrogen-bond donors (Lipinski definition) is 1. The first-order chi connectivity index (χ1) is 14.3. The molecule has 30 heavy (non-hydrogen) atoms. The van der Waals surface area contributed by atoms with Crippen molar-refractivity contribution in [2.75, 3.05) is 39.0 Å². The van der Waals surface area contributed by atoms with E-state index in [-0.39, 0.29) is 18.5 Å². The number of hydrogen-bond acceptors (Lipinski definition) is 5. The third-order valence-corrected chi connectivity index (χ3v) is 7.93. The third-order valence-electron chi connectivity index (χ3n) is 6.66. The van der Waals surface area contributed by atoms with Crippen molar-refractivity contribution in [1.29, 1.82) is 0 Å². The van der Waals surface area contributed by atoms with Crippen LogP contribution < -0.4 is 5.32 Å². The quantitative estimate of drug-likeness (QED) is 0.700. The van der Waals surface area contributed by atoms with Crippen LogP contribution in [0.4, 0.5) is 4.79 Å². The van der Waals surface area contributed by atoms with Gasteiger partial charge >= 0.3 is 6.03 Å². The number of sulfonamides is 1. The average molecular weight is 435 g/mol. The smallest absolute Gasteiger partial charge is 0.323 e. The van der Waals surface area contributed by atoms with E-state index in [2.05, 4.69) is 22.3 Å². The molecular formula is C21H30N4O4S. The molecule has 1 aromatic carbocycles. The lowest BCUT2D eigenvalue weighted by Crippen LogP contribution is -2.56. The predicted octanol–water partition coefficient (Wildman–Crippen LogP) is 1.04. The first-order valence-electron chi connectivity index (χ1n) is 10.7. The summed E-state index contributed by atoms with van der Waals surface area (Å²) in [7, 11) is -3.34. The van der Waals surface area contributed by atoms with Crippen LogP contribution in [0.25, 0.3) is 0 Å². The molecule has 8 nitrogen and oxygen atoms in total. The molecule has 9 heteroatoms. The fourth-order valence-corrected chi connectivity index (χ4v) is 5.74. The van der Waals surface area contributed by atoms with Crippen molar-refractivity contribution in [3.8, 4) is 0 Å². The lowest BCUT2D eigenvalue weighted by Gasteiger charge is -2.38. The summed E-state index contributed by atoms with van der Waals surface area (Å²) in [5.74, 6) is -0.185. The second-order valence-electron chi connectivity index (χ2n) is 8.68. The van der Waals surface area contributed by atoms with Gasteiger partial charge in [-0.1, -0.05) is 30.3 Å². The Balaban J connectivity index is 1.37. The fourth-order valence-electron chi connectivity index (χ4n) is 4.83. The van der Waals surface area contributed by atoms with Gasteiger partial charge < -0.3 is 10.2 Å². The number of benzene rings is 1. The van der Waals surface area contributed by atoms with Crippen molar-refractivity contribution < 1.29 is 18.0 Å². The number of nitrogens with one attached hydrogen (secondary N) is 1. The number of likely N-dealkylation sites (tertiary alicyclic amines) is 1. The Labute approximate surface area is 178 Å². The van der Waals surface area contributed by atoms with Gasteiger partial charge in [0.1, 0.15) is 5.54 Å². The van der Waals surface area contributed by atoms with Crippen LogP contribution in [0.15, 0.2) is 30.3 Å². The molecule has 0 saturated carbocycles. The van der Waals surface area contributed by atoms with E-state index >= 15 is 0 Å². The van der Waals surface area contributed by atoms with Gasteiger partial charge in [0, 0.05) is 32.7 Å². The highest BCUT2D eigenvalue weighted by Gasteiger charge is 2.54. The fraction of sp³-hybridized carbons (Fsp3) is 0.619. The Kier molecular flexibility index (Phi) is 5.87. The molecule has 4 rings (SSSR count). The summed E-state index contributed by atoms with van der Waals surface area (Å²) >= 11 is 0. The Morgan fingerprint density at radius 1 is 1.10 bits per heavy atom. The normalized spacial score (nSPS) is 25.6. The molecule has 0 aromatic heterocycles. The van der Waals surface area contributed by atoms with Crippen LogP contribution in [0, 0.1) is 0 Å². The van der Waals surface area contributed by atoms with Gasteiger partial charge in [-0.2, -0.15) is 0 Å². The van der Waals surface area contributed by atoms with E-state index in [1.807, 2.05) is 18.2 Å². The molecule has 3 saturated heterocycles. The van der Waals surface area contributed by atoms with E-state index in [9.17, 15) is 18.0 Å². The second-order valence-corrected chi connectivity index (χ2v) is 10.7. The minimum atomic E-state index is -3.34. The maximum absolute atomic E-state index is 13.3. The number of carbonyl (C=O) groups excluding carboxylic acids is 2. The molecule has 0 radical (unpaired) electrons. The number of amides is 3. The summed E-state index contributed by atoms with van der Waals surface area (Å²) in [6, 6.07) is 9.56. The van der Waals surface area contributed by atoms with Gasteiger partial charge in [0.15, 0.2) is 0 Å². The van der Waals surface area contributed by atoms with Gasteiger partial charge in [0.05, 0.1) is 12.3 Å². The molecule has 3 heterocycles. The topological polar surface area (TPSA) is 90.0 Å². The van der Waals surface area contributed by atoms with Crippen molar-refractivity contribution in [2.24, 2.45) is 0 Å².